The van der Waals surface area contributed by atoms with Crippen molar-refractivity contribution in [2.75, 3.05) is 6.61 Å². The molecule has 1 saturated heterocycles. The highest BCUT2D eigenvalue weighted by molar-refractivity contribution is 9.10. The maximum atomic E-state index is 10.4. The molecule has 1 aliphatic heterocycles. The predicted octanol–water partition coefficient (Wildman–Crippen LogP) is 2.27. The molecule has 0 aliphatic carbocycles. The minimum absolute atomic E-state index is 0.477. The van der Waals surface area contributed by atoms with Crippen LogP contribution in [0.25, 0.3) is 0 Å². The van der Waals surface area contributed by atoms with Crippen LogP contribution in [0.2, 0.25) is 0 Å². The van der Waals surface area contributed by atoms with E-state index in [0.29, 0.717) is 0 Å². The van der Waals surface area contributed by atoms with Gasteiger partial charge in [-0.25, -0.2) is 0 Å². The second-order valence-corrected chi connectivity index (χ2v) is 5.22. The van der Waals surface area contributed by atoms with Crippen LogP contribution in [0.1, 0.15) is 38.5 Å². The van der Waals surface area contributed by atoms with Crippen molar-refractivity contribution in [1.82, 2.24) is 9.78 Å². The van der Waals surface area contributed by atoms with Gasteiger partial charge in [0.05, 0.1) is 22.0 Å². The van der Waals surface area contributed by atoms with Gasteiger partial charge in [-0.1, -0.05) is 0 Å². The lowest BCUT2D eigenvalue weighted by atomic mass is 9.93. The SMILES string of the molecule is CCn1ncc(Br)c1C(O)C1(C)CCCO1. The molecule has 0 saturated carbocycles. The summed E-state index contributed by atoms with van der Waals surface area (Å²) in [6.07, 6.45) is 2.98. The van der Waals surface area contributed by atoms with Gasteiger partial charge in [0, 0.05) is 13.2 Å². The fraction of sp³-hybridized carbons (Fsp3) is 0.727. The van der Waals surface area contributed by atoms with E-state index >= 15 is 0 Å². The highest BCUT2D eigenvalue weighted by Crippen LogP contribution is 2.39. The van der Waals surface area contributed by atoms with Gasteiger partial charge in [0.2, 0.25) is 0 Å². The number of rotatable bonds is 3. The molecular weight excluding hydrogens is 272 g/mol. The Morgan fingerprint density at radius 3 is 3.06 bits per heavy atom. The van der Waals surface area contributed by atoms with Crippen molar-refractivity contribution >= 4 is 15.9 Å². The van der Waals surface area contributed by atoms with Gasteiger partial charge in [-0.2, -0.15) is 5.10 Å². The molecule has 2 heterocycles. The number of aliphatic hydroxyl groups is 1. The van der Waals surface area contributed by atoms with Crippen LogP contribution < -0.4 is 0 Å². The van der Waals surface area contributed by atoms with E-state index in [0.717, 1.165) is 36.2 Å². The van der Waals surface area contributed by atoms with Gasteiger partial charge in [-0.3, -0.25) is 4.68 Å². The van der Waals surface area contributed by atoms with Crippen molar-refractivity contribution in [3.05, 3.63) is 16.4 Å². The van der Waals surface area contributed by atoms with E-state index < -0.39 is 11.7 Å². The lowest BCUT2D eigenvalue weighted by Crippen LogP contribution is -2.33. The summed E-state index contributed by atoms with van der Waals surface area (Å²) in [5, 5.41) is 14.7. The Bertz CT molecular complexity index is 372. The molecule has 2 rings (SSSR count). The highest BCUT2D eigenvalue weighted by Gasteiger charge is 2.40. The molecule has 90 valence electrons. The van der Waals surface area contributed by atoms with Gasteiger partial charge >= 0.3 is 0 Å². The lowest BCUT2D eigenvalue weighted by Gasteiger charge is -2.29. The predicted molar refractivity (Wildman–Crippen MR) is 64.2 cm³/mol. The number of ether oxygens (including phenoxy) is 1. The molecule has 0 spiro atoms. The van der Waals surface area contributed by atoms with E-state index in [9.17, 15) is 5.11 Å². The molecule has 0 aromatic carbocycles. The molecule has 0 radical (unpaired) electrons. The molecule has 1 aromatic rings. The van der Waals surface area contributed by atoms with Crippen molar-refractivity contribution in [2.45, 2.75) is 44.9 Å². The molecule has 16 heavy (non-hydrogen) atoms. The third-order valence-corrected chi connectivity index (χ3v) is 3.83. The minimum atomic E-state index is -0.633. The van der Waals surface area contributed by atoms with E-state index in [4.69, 9.17) is 4.74 Å². The van der Waals surface area contributed by atoms with E-state index in [2.05, 4.69) is 21.0 Å². The monoisotopic (exact) mass is 288 g/mol. The van der Waals surface area contributed by atoms with E-state index in [1.54, 1.807) is 6.20 Å². The molecule has 2 unspecified atom stereocenters. The second kappa shape index (κ2) is 4.47. The van der Waals surface area contributed by atoms with Crippen molar-refractivity contribution < 1.29 is 9.84 Å². The molecule has 5 heteroatoms. The average Bonchev–Trinajstić information content (AvgIpc) is 2.85. The molecule has 0 bridgehead atoms. The lowest BCUT2D eigenvalue weighted by molar-refractivity contribution is -0.0831. The van der Waals surface area contributed by atoms with Gasteiger partial charge < -0.3 is 9.84 Å². The van der Waals surface area contributed by atoms with E-state index in [-0.39, 0.29) is 0 Å². The smallest absolute Gasteiger partial charge is 0.125 e. The summed E-state index contributed by atoms with van der Waals surface area (Å²) in [6.45, 7) is 5.44. The van der Waals surface area contributed by atoms with E-state index in [1.165, 1.54) is 0 Å². The summed E-state index contributed by atoms with van der Waals surface area (Å²) in [4.78, 5) is 0. The zero-order chi connectivity index (χ0) is 11.8. The fourth-order valence-electron chi connectivity index (χ4n) is 2.20. The van der Waals surface area contributed by atoms with Crippen LogP contribution in [0.15, 0.2) is 10.7 Å². The third kappa shape index (κ3) is 1.92. The number of nitrogens with zero attached hydrogens (tertiary/aromatic N) is 2. The van der Waals surface area contributed by atoms with Gasteiger partial charge in [-0.15, -0.1) is 0 Å². The zero-order valence-electron chi connectivity index (χ0n) is 9.61. The molecular formula is C11H17BrN2O2. The molecule has 2 atom stereocenters. The summed E-state index contributed by atoms with van der Waals surface area (Å²) in [6, 6.07) is 0. The van der Waals surface area contributed by atoms with Crippen LogP contribution in [-0.2, 0) is 11.3 Å². The molecule has 1 fully saturated rings. The quantitative estimate of drug-likeness (QED) is 0.928. The Balaban J connectivity index is 2.32. The zero-order valence-corrected chi connectivity index (χ0v) is 11.2. The first-order valence-electron chi connectivity index (χ1n) is 5.61. The van der Waals surface area contributed by atoms with Crippen LogP contribution in [0.4, 0.5) is 0 Å². The summed E-state index contributed by atoms with van der Waals surface area (Å²) in [7, 11) is 0. The molecule has 0 amide bonds. The highest BCUT2D eigenvalue weighted by atomic mass is 79.9. The van der Waals surface area contributed by atoms with Gasteiger partial charge in [0.1, 0.15) is 6.10 Å². The third-order valence-electron chi connectivity index (χ3n) is 3.22. The molecule has 4 nitrogen and oxygen atoms in total. The largest absolute Gasteiger partial charge is 0.384 e. The van der Waals surface area contributed by atoms with Gasteiger partial charge in [-0.05, 0) is 42.6 Å². The van der Waals surface area contributed by atoms with Crippen LogP contribution in [0.3, 0.4) is 0 Å². The second-order valence-electron chi connectivity index (χ2n) is 4.36. The van der Waals surface area contributed by atoms with Crippen molar-refractivity contribution in [3.63, 3.8) is 0 Å². The number of aromatic nitrogens is 2. The Morgan fingerprint density at radius 2 is 2.50 bits per heavy atom. The van der Waals surface area contributed by atoms with Crippen molar-refractivity contribution in [2.24, 2.45) is 0 Å². The number of halogens is 1. The first kappa shape index (κ1) is 12.1. The summed E-state index contributed by atoms with van der Waals surface area (Å²) in [5.74, 6) is 0. The Kier molecular flexibility index (Phi) is 3.37. The molecule has 1 aliphatic rings. The Morgan fingerprint density at radius 1 is 1.75 bits per heavy atom. The summed E-state index contributed by atoms with van der Waals surface area (Å²) in [5.41, 5.74) is 0.335. The standard InChI is InChI=1S/C11H17BrN2O2/c1-3-14-9(8(12)7-13-14)10(15)11(2)5-4-6-16-11/h7,10,15H,3-6H2,1-2H3. The first-order valence-corrected chi connectivity index (χ1v) is 6.41. The summed E-state index contributed by atoms with van der Waals surface area (Å²) >= 11 is 3.43. The maximum Gasteiger partial charge on any atom is 0.125 e. The topological polar surface area (TPSA) is 47.3 Å². The number of hydrogen-bond donors (Lipinski definition) is 1. The number of hydrogen-bond acceptors (Lipinski definition) is 3. The first-order chi connectivity index (χ1) is 7.58. The van der Waals surface area contributed by atoms with Gasteiger partial charge in [0.15, 0.2) is 0 Å². The number of aliphatic hydroxyl groups excluding tert-OH is 1. The van der Waals surface area contributed by atoms with Crippen LogP contribution in [-0.4, -0.2) is 27.1 Å². The summed E-state index contributed by atoms with van der Waals surface area (Å²) < 4.78 is 8.32. The fourth-order valence-corrected chi connectivity index (χ4v) is 2.71. The van der Waals surface area contributed by atoms with Crippen LogP contribution in [0, 0.1) is 0 Å². The van der Waals surface area contributed by atoms with Crippen LogP contribution in [0.5, 0.6) is 0 Å². The minimum Gasteiger partial charge on any atom is -0.384 e. The number of aryl methyl sites for hydroxylation is 1. The average molecular weight is 289 g/mol. The van der Waals surface area contributed by atoms with Crippen molar-refractivity contribution in [3.8, 4) is 0 Å². The normalized spacial score (nSPS) is 27.2. The molecule has 1 N–H and O–H groups in total. The molecule has 1 aromatic heterocycles. The Hall–Kier alpha value is -0.390. The van der Waals surface area contributed by atoms with Gasteiger partial charge in [0.25, 0.3) is 0 Å². The Labute approximate surface area is 104 Å². The van der Waals surface area contributed by atoms with Crippen molar-refractivity contribution in [1.29, 1.82) is 0 Å². The maximum absolute atomic E-state index is 10.4. The van der Waals surface area contributed by atoms with E-state index in [1.807, 2.05) is 18.5 Å². The van der Waals surface area contributed by atoms with Crippen LogP contribution >= 0.6 is 15.9 Å².